The van der Waals surface area contributed by atoms with E-state index in [0.29, 0.717) is 28.6 Å². The van der Waals surface area contributed by atoms with Gasteiger partial charge in [-0.1, -0.05) is 11.6 Å². The zero-order valence-electron chi connectivity index (χ0n) is 20.8. The van der Waals surface area contributed by atoms with E-state index in [4.69, 9.17) is 22.1 Å². The molecule has 2 fully saturated rings. The van der Waals surface area contributed by atoms with Gasteiger partial charge in [-0.3, -0.25) is 0 Å². The summed E-state index contributed by atoms with van der Waals surface area (Å²) in [5.74, 6) is -0.582. The highest BCUT2D eigenvalue weighted by atomic mass is 35.5. The van der Waals surface area contributed by atoms with Gasteiger partial charge in [0, 0.05) is 11.6 Å². The predicted molar refractivity (Wildman–Crippen MR) is 136 cm³/mol. The number of halogens is 2. The molecule has 2 saturated heterocycles. The van der Waals surface area contributed by atoms with Crippen LogP contribution in [0.2, 0.25) is 5.02 Å². The molecule has 36 heavy (non-hydrogen) atoms. The number of ether oxygens (including phenoxy) is 1. The Kier molecular flexibility index (Phi) is 7.26. The minimum atomic E-state index is -1.34. The van der Waals surface area contributed by atoms with Gasteiger partial charge in [0.2, 0.25) is 5.95 Å². The third-order valence-corrected chi connectivity index (χ3v) is 6.93. The van der Waals surface area contributed by atoms with Gasteiger partial charge in [0.1, 0.15) is 17.5 Å². The molecule has 0 aliphatic carbocycles. The molecule has 3 aromatic rings. The number of nitrogens with zero attached hydrogens (tertiary/aromatic N) is 4. The normalized spacial score (nSPS) is 21.4. The van der Waals surface area contributed by atoms with E-state index in [0.717, 1.165) is 19.3 Å². The Morgan fingerprint density at radius 1 is 1.28 bits per heavy atom. The van der Waals surface area contributed by atoms with Crippen LogP contribution in [-0.4, -0.2) is 43.1 Å². The van der Waals surface area contributed by atoms with Crippen molar-refractivity contribution in [1.82, 2.24) is 14.5 Å². The smallest absolute Gasteiger partial charge is 0.220 e. The van der Waals surface area contributed by atoms with Crippen molar-refractivity contribution >= 4 is 28.5 Å². The third-order valence-electron chi connectivity index (χ3n) is 6.65. The number of nitrogen functional groups attached to an aromatic ring is 1. The molecular weight excluding hydrogens is 485 g/mol. The molecule has 0 radical (unpaired) electrons. The van der Waals surface area contributed by atoms with Crippen LogP contribution in [0.25, 0.3) is 22.2 Å². The maximum absolute atomic E-state index is 15.1. The van der Waals surface area contributed by atoms with E-state index < -0.39 is 11.4 Å². The number of anilines is 1. The number of nitrogens with two attached hydrogens (primary N) is 1. The van der Waals surface area contributed by atoms with E-state index in [-0.39, 0.29) is 40.2 Å². The molecule has 2 aliphatic heterocycles. The van der Waals surface area contributed by atoms with Crippen LogP contribution in [0.4, 0.5) is 10.3 Å². The summed E-state index contributed by atoms with van der Waals surface area (Å²) in [4.78, 5) is 7.93. The maximum atomic E-state index is 15.1. The fourth-order valence-corrected chi connectivity index (χ4v) is 5.33. The molecule has 8 nitrogen and oxygen atoms in total. The van der Waals surface area contributed by atoms with Crippen LogP contribution in [0.1, 0.15) is 70.7 Å². The zero-order valence-corrected chi connectivity index (χ0v) is 21.6. The molecule has 10 heteroatoms. The number of aliphatic hydroxyl groups excluding tert-OH is 1. The lowest BCUT2D eigenvalue weighted by molar-refractivity contribution is -0.0746. The largest absolute Gasteiger partial charge is 0.390 e. The van der Waals surface area contributed by atoms with Crippen LogP contribution >= 0.6 is 11.6 Å². The van der Waals surface area contributed by atoms with E-state index in [2.05, 4.69) is 9.97 Å². The Morgan fingerprint density at radius 3 is 2.58 bits per heavy atom. The Balaban J connectivity index is 0.000000280. The summed E-state index contributed by atoms with van der Waals surface area (Å²) < 4.78 is 22.3. The second kappa shape index (κ2) is 9.94. The topological polar surface area (TPSA) is 130 Å². The fourth-order valence-electron chi connectivity index (χ4n) is 5.13. The van der Waals surface area contributed by atoms with Crippen LogP contribution in [0.15, 0.2) is 18.3 Å². The molecule has 2 aromatic heterocycles. The van der Waals surface area contributed by atoms with Gasteiger partial charge in [0.05, 0.1) is 57.4 Å². The number of rotatable bonds is 3. The first-order valence-electron chi connectivity index (χ1n) is 12.0. The number of nitriles is 1. The molecule has 1 aromatic carbocycles. The number of aliphatic hydroxyl groups is 2. The first-order chi connectivity index (χ1) is 16.9. The van der Waals surface area contributed by atoms with Crippen molar-refractivity contribution in [2.45, 2.75) is 83.3 Å². The van der Waals surface area contributed by atoms with Gasteiger partial charge in [0.25, 0.3) is 0 Å². The van der Waals surface area contributed by atoms with Crippen molar-refractivity contribution in [2.75, 3.05) is 5.73 Å². The van der Waals surface area contributed by atoms with Gasteiger partial charge in [0.15, 0.2) is 0 Å². The van der Waals surface area contributed by atoms with Crippen LogP contribution in [0.3, 0.4) is 0 Å². The van der Waals surface area contributed by atoms with E-state index in [1.807, 2.05) is 19.9 Å². The van der Waals surface area contributed by atoms with Gasteiger partial charge >= 0.3 is 0 Å². The summed E-state index contributed by atoms with van der Waals surface area (Å²) in [5.41, 5.74) is 5.96. The van der Waals surface area contributed by atoms with Crippen LogP contribution < -0.4 is 5.73 Å². The van der Waals surface area contributed by atoms with E-state index in [1.54, 1.807) is 24.5 Å². The van der Waals surface area contributed by atoms with Crippen molar-refractivity contribution in [2.24, 2.45) is 0 Å². The Morgan fingerprint density at radius 2 is 1.97 bits per heavy atom. The molecular formula is C26H31ClFN5O3. The first kappa shape index (κ1) is 26.3. The third kappa shape index (κ3) is 4.91. The van der Waals surface area contributed by atoms with Crippen molar-refractivity contribution in [3.8, 4) is 17.3 Å². The molecule has 3 atom stereocenters. The van der Waals surface area contributed by atoms with Gasteiger partial charge in [-0.05, 0) is 65.5 Å². The number of aromatic nitrogens is 3. The van der Waals surface area contributed by atoms with Gasteiger partial charge in [-0.15, -0.1) is 0 Å². The van der Waals surface area contributed by atoms with E-state index in [9.17, 15) is 15.5 Å². The first-order valence-corrected chi connectivity index (χ1v) is 12.4. The average Bonchev–Trinajstić information content (AvgIpc) is 3.37. The monoisotopic (exact) mass is 515 g/mol. The molecule has 192 valence electrons. The van der Waals surface area contributed by atoms with Gasteiger partial charge in [-0.2, -0.15) is 5.26 Å². The molecule has 0 amide bonds. The van der Waals surface area contributed by atoms with Crippen molar-refractivity contribution < 1.29 is 19.3 Å². The highest BCUT2D eigenvalue weighted by Gasteiger charge is 2.35. The lowest BCUT2D eigenvalue weighted by Crippen LogP contribution is -2.31. The van der Waals surface area contributed by atoms with E-state index >= 15 is 4.39 Å². The van der Waals surface area contributed by atoms with Gasteiger partial charge < -0.3 is 25.3 Å². The van der Waals surface area contributed by atoms with Crippen molar-refractivity contribution in [3.63, 3.8) is 0 Å². The molecule has 2 aliphatic rings. The van der Waals surface area contributed by atoms with E-state index in [1.165, 1.54) is 18.7 Å². The second-order valence-corrected chi connectivity index (χ2v) is 10.6. The summed E-state index contributed by atoms with van der Waals surface area (Å²) in [6.07, 6.45) is 6.12. The molecule has 0 spiro atoms. The molecule has 5 rings (SSSR count). The van der Waals surface area contributed by atoms with Crippen LogP contribution in [-0.2, 0) is 10.3 Å². The molecule has 2 bridgehead atoms. The SMILES string of the molecule is CC(C)n1c(C(C)(C)O)c(C#N)c2c(F)cc(-c3nc(N)ncc3Cl)cc21.OC1CCC2CCC1O2. The summed E-state index contributed by atoms with van der Waals surface area (Å²) >= 11 is 6.17. The predicted octanol–water partition coefficient (Wildman–Crippen LogP) is 4.84. The van der Waals surface area contributed by atoms with Gasteiger partial charge in [-0.25, -0.2) is 14.4 Å². The number of hydrogen-bond donors (Lipinski definition) is 3. The Labute approximate surface area is 214 Å². The minimum Gasteiger partial charge on any atom is -0.390 e. The number of hydrogen-bond acceptors (Lipinski definition) is 7. The van der Waals surface area contributed by atoms with Crippen molar-refractivity contribution in [1.29, 1.82) is 5.26 Å². The standard InChI is InChI=1S/C19H19ClFN5O.C7H12O2/c1-9(2)26-14-6-10(16-12(20)8-24-18(23)25-16)5-13(21)15(14)11(7-22)17(26)19(3,4)27;8-6-3-1-5-2-4-7(6)9-5/h5-6,8-9,27H,1-4H3,(H2,23,24,25);5-8H,1-4H2. The second-order valence-electron chi connectivity index (χ2n) is 10.2. The number of benzene rings is 1. The molecule has 3 unspecified atom stereocenters. The summed E-state index contributed by atoms with van der Waals surface area (Å²) in [7, 11) is 0. The summed E-state index contributed by atoms with van der Waals surface area (Å²) in [6, 6.07) is 4.88. The Bertz CT molecular complexity index is 1330. The average molecular weight is 516 g/mol. The molecule has 4 N–H and O–H groups in total. The zero-order chi connectivity index (χ0) is 26.4. The highest BCUT2D eigenvalue weighted by molar-refractivity contribution is 6.33. The van der Waals surface area contributed by atoms with Crippen molar-refractivity contribution in [3.05, 3.63) is 40.4 Å². The van der Waals surface area contributed by atoms with Crippen LogP contribution in [0.5, 0.6) is 0 Å². The molecule has 4 heterocycles. The lowest BCUT2D eigenvalue weighted by atomic mass is 9.99. The number of fused-ring (bicyclic) bond motifs is 3. The Hall–Kier alpha value is -2.77. The summed E-state index contributed by atoms with van der Waals surface area (Å²) in [5, 5.41) is 30.0. The van der Waals surface area contributed by atoms with Crippen LogP contribution in [0, 0.1) is 17.1 Å². The quantitative estimate of drug-likeness (QED) is 0.454. The lowest BCUT2D eigenvalue weighted by Gasteiger charge is -2.24. The highest BCUT2D eigenvalue weighted by Crippen LogP contribution is 2.39. The minimum absolute atomic E-state index is 0.0176. The maximum Gasteiger partial charge on any atom is 0.220 e. The molecule has 0 saturated carbocycles. The summed E-state index contributed by atoms with van der Waals surface area (Å²) in [6.45, 7) is 6.94. The fraction of sp³-hybridized carbons (Fsp3) is 0.500.